The van der Waals surface area contributed by atoms with Gasteiger partial charge in [0.15, 0.2) is 0 Å². The van der Waals surface area contributed by atoms with Gasteiger partial charge >= 0.3 is 0 Å². The molecule has 2 N–H and O–H groups in total. The summed E-state index contributed by atoms with van der Waals surface area (Å²) in [6.45, 7) is 0. The van der Waals surface area contributed by atoms with Gasteiger partial charge in [-0.3, -0.25) is 4.79 Å². The van der Waals surface area contributed by atoms with Crippen molar-refractivity contribution < 1.29 is 4.79 Å². The van der Waals surface area contributed by atoms with Crippen LogP contribution in [0.4, 0.5) is 0 Å². The second-order valence-electron chi connectivity index (χ2n) is 2.42. The Kier molecular flexibility index (Phi) is 2.82. The van der Waals surface area contributed by atoms with Gasteiger partial charge in [-0.05, 0) is 5.56 Å². The summed E-state index contributed by atoms with van der Waals surface area (Å²) in [7, 11) is 0. The van der Waals surface area contributed by atoms with Crippen molar-refractivity contribution >= 4 is 11.5 Å². The topological polar surface area (TPSA) is 66.9 Å². The Morgan fingerprint density at radius 3 is 2.46 bits per heavy atom. The molecular weight excluding hydrogens is 164 g/mol. The van der Waals surface area contributed by atoms with Crippen molar-refractivity contribution in [2.24, 2.45) is 5.73 Å². The maximum atomic E-state index is 10.9. The van der Waals surface area contributed by atoms with E-state index in [2.05, 4.69) is 0 Å². The molecule has 1 amide bonds. The number of nitrogens with zero attached hydrogens (tertiary/aromatic N) is 1. The molecule has 0 radical (unpaired) electrons. The van der Waals surface area contributed by atoms with Crippen molar-refractivity contribution in [3.63, 3.8) is 0 Å². The summed E-state index contributed by atoms with van der Waals surface area (Å²) in [5.74, 6) is -0.590. The van der Waals surface area contributed by atoms with Gasteiger partial charge in [0.05, 0.1) is 11.6 Å². The molecule has 0 aliphatic heterocycles. The minimum atomic E-state index is -0.590. The molecule has 0 saturated heterocycles. The molecule has 0 aliphatic rings. The number of carbonyl (C=O) groups is 1. The molecule has 0 heterocycles. The highest BCUT2D eigenvalue weighted by Crippen LogP contribution is 2.12. The van der Waals surface area contributed by atoms with E-state index < -0.39 is 5.91 Å². The summed E-state index contributed by atoms with van der Waals surface area (Å²) in [6, 6.07) is 10.6. The highest BCUT2D eigenvalue weighted by molar-refractivity contribution is 6.19. The summed E-state index contributed by atoms with van der Waals surface area (Å²) >= 11 is 0. The van der Waals surface area contributed by atoms with Crippen LogP contribution in [-0.2, 0) is 4.79 Å². The fourth-order valence-corrected chi connectivity index (χ4v) is 0.979. The number of carbonyl (C=O) groups excluding carboxylic acids is 1. The van der Waals surface area contributed by atoms with E-state index in [-0.39, 0.29) is 5.57 Å². The zero-order valence-corrected chi connectivity index (χ0v) is 6.90. The van der Waals surface area contributed by atoms with E-state index in [4.69, 9.17) is 11.0 Å². The van der Waals surface area contributed by atoms with Crippen LogP contribution in [0.1, 0.15) is 5.56 Å². The smallest absolute Gasteiger partial charge is 0.250 e. The van der Waals surface area contributed by atoms with E-state index in [1.54, 1.807) is 30.3 Å². The van der Waals surface area contributed by atoms with Crippen molar-refractivity contribution in [1.29, 1.82) is 5.26 Å². The largest absolute Gasteiger partial charge is 0.366 e. The molecule has 0 spiro atoms. The lowest BCUT2D eigenvalue weighted by Gasteiger charge is -1.99. The standard InChI is InChI=1S/C10H8N2O/c11-7-6-9(10(12)13)8-4-2-1-3-5-8/h1-6H,(H2,12,13)/b9-6-. The summed E-state index contributed by atoms with van der Waals surface area (Å²) in [5.41, 5.74) is 6.00. The van der Waals surface area contributed by atoms with Crippen molar-refractivity contribution in [1.82, 2.24) is 0 Å². The van der Waals surface area contributed by atoms with Gasteiger partial charge in [0.25, 0.3) is 0 Å². The minimum Gasteiger partial charge on any atom is -0.366 e. The second-order valence-corrected chi connectivity index (χ2v) is 2.42. The first-order chi connectivity index (χ1) is 6.25. The first-order valence-electron chi connectivity index (χ1n) is 3.70. The molecule has 13 heavy (non-hydrogen) atoms. The number of benzene rings is 1. The molecular formula is C10H8N2O. The number of primary amides is 1. The lowest BCUT2D eigenvalue weighted by Crippen LogP contribution is -2.12. The van der Waals surface area contributed by atoms with Gasteiger partial charge in [0, 0.05) is 6.08 Å². The van der Waals surface area contributed by atoms with Crippen molar-refractivity contribution in [3.8, 4) is 6.07 Å². The van der Waals surface area contributed by atoms with Crippen LogP contribution in [0.15, 0.2) is 36.4 Å². The van der Waals surface area contributed by atoms with Crippen LogP contribution < -0.4 is 5.73 Å². The van der Waals surface area contributed by atoms with Crippen LogP contribution >= 0.6 is 0 Å². The molecule has 0 aliphatic carbocycles. The molecule has 3 nitrogen and oxygen atoms in total. The average Bonchev–Trinajstić information content (AvgIpc) is 2.15. The molecule has 64 valence electrons. The molecule has 0 atom stereocenters. The third-order valence-corrected chi connectivity index (χ3v) is 1.56. The Morgan fingerprint density at radius 1 is 1.38 bits per heavy atom. The molecule has 1 aromatic rings. The highest BCUT2D eigenvalue weighted by atomic mass is 16.1. The zero-order chi connectivity index (χ0) is 9.68. The van der Waals surface area contributed by atoms with E-state index in [9.17, 15) is 4.79 Å². The first kappa shape index (κ1) is 9.01. The van der Waals surface area contributed by atoms with Crippen molar-refractivity contribution in [2.45, 2.75) is 0 Å². The number of nitrogens with two attached hydrogens (primary N) is 1. The number of hydrogen-bond acceptors (Lipinski definition) is 2. The van der Waals surface area contributed by atoms with Crippen LogP contribution in [0, 0.1) is 11.3 Å². The summed E-state index contributed by atoms with van der Waals surface area (Å²) in [4.78, 5) is 10.9. The zero-order valence-electron chi connectivity index (χ0n) is 6.90. The lowest BCUT2D eigenvalue weighted by atomic mass is 10.1. The van der Waals surface area contributed by atoms with Crippen LogP contribution in [0.3, 0.4) is 0 Å². The third-order valence-electron chi connectivity index (χ3n) is 1.56. The maximum absolute atomic E-state index is 10.9. The Labute approximate surface area is 76.1 Å². The molecule has 0 bridgehead atoms. The highest BCUT2D eigenvalue weighted by Gasteiger charge is 2.06. The fraction of sp³-hybridized carbons (Fsp3) is 0. The van der Waals surface area contributed by atoms with E-state index >= 15 is 0 Å². The van der Waals surface area contributed by atoms with Gasteiger partial charge < -0.3 is 5.73 Å². The van der Waals surface area contributed by atoms with Crippen LogP contribution in [0.5, 0.6) is 0 Å². The summed E-state index contributed by atoms with van der Waals surface area (Å²) in [6.07, 6.45) is 1.15. The molecule has 0 aromatic heterocycles. The second kappa shape index (κ2) is 4.07. The summed E-state index contributed by atoms with van der Waals surface area (Å²) in [5, 5.41) is 8.41. The predicted octanol–water partition coefficient (Wildman–Crippen LogP) is 1.08. The normalized spacial score (nSPS) is 10.5. The molecule has 1 rings (SSSR count). The number of hydrogen-bond donors (Lipinski definition) is 1. The van der Waals surface area contributed by atoms with E-state index in [0.29, 0.717) is 5.56 Å². The van der Waals surface area contributed by atoms with Crippen LogP contribution in [-0.4, -0.2) is 5.91 Å². The first-order valence-corrected chi connectivity index (χ1v) is 3.70. The van der Waals surface area contributed by atoms with Crippen LogP contribution in [0.2, 0.25) is 0 Å². The van der Waals surface area contributed by atoms with Crippen LogP contribution in [0.25, 0.3) is 5.57 Å². The SMILES string of the molecule is N#C/C=C(\C(N)=O)c1ccccc1. The lowest BCUT2D eigenvalue weighted by molar-refractivity contribution is -0.112. The monoisotopic (exact) mass is 172 g/mol. The average molecular weight is 172 g/mol. The molecule has 0 unspecified atom stereocenters. The number of amides is 1. The Balaban J connectivity index is 3.13. The molecule has 3 heteroatoms. The Morgan fingerprint density at radius 2 is 2.00 bits per heavy atom. The predicted molar refractivity (Wildman–Crippen MR) is 49.2 cm³/mol. The van der Waals surface area contributed by atoms with E-state index in [1.165, 1.54) is 0 Å². The summed E-state index contributed by atoms with van der Waals surface area (Å²) < 4.78 is 0. The van der Waals surface area contributed by atoms with Crippen molar-refractivity contribution in [3.05, 3.63) is 42.0 Å². The van der Waals surface area contributed by atoms with Gasteiger partial charge in [-0.15, -0.1) is 0 Å². The van der Waals surface area contributed by atoms with Gasteiger partial charge in [0.2, 0.25) is 5.91 Å². The van der Waals surface area contributed by atoms with E-state index in [0.717, 1.165) is 6.08 Å². The quantitative estimate of drug-likeness (QED) is 0.535. The number of allylic oxidation sites excluding steroid dienone is 1. The Hall–Kier alpha value is -2.08. The van der Waals surface area contributed by atoms with Gasteiger partial charge in [-0.1, -0.05) is 30.3 Å². The van der Waals surface area contributed by atoms with Gasteiger partial charge in [-0.25, -0.2) is 0 Å². The number of rotatable bonds is 2. The third kappa shape index (κ3) is 2.17. The van der Waals surface area contributed by atoms with Gasteiger partial charge in [0.1, 0.15) is 0 Å². The molecule has 1 aromatic carbocycles. The van der Waals surface area contributed by atoms with E-state index in [1.807, 2.05) is 6.07 Å². The van der Waals surface area contributed by atoms with Gasteiger partial charge in [-0.2, -0.15) is 5.26 Å². The van der Waals surface area contributed by atoms with Crippen molar-refractivity contribution in [2.75, 3.05) is 0 Å². The minimum absolute atomic E-state index is 0.239. The fourth-order valence-electron chi connectivity index (χ4n) is 0.979. The maximum Gasteiger partial charge on any atom is 0.250 e. The molecule has 0 fully saturated rings. The number of nitriles is 1. The Bertz CT molecular complexity index is 374. The molecule has 0 saturated carbocycles.